The van der Waals surface area contributed by atoms with Gasteiger partial charge < -0.3 is 15.2 Å². The number of nitrogens with zero attached hydrogens (tertiary/aromatic N) is 1. The lowest BCUT2D eigenvalue weighted by Crippen LogP contribution is -2.27. The number of hydrogen-bond donors (Lipinski definition) is 2. The molecule has 1 fully saturated rings. The van der Waals surface area contributed by atoms with Crippen molar-refractivity contribution in [1.29, 1.82) is 0 Å². The summed E-state index contributed by atoms with van der Waals surface area (Å²) in [4.78, 5) is 25.6. The van der Waals surface area contributed by atoms with Gasteiger partial charge in [-0.25, -0.2) is 4.39 Å². The van der Waals surface area contributed by atoms with E-state index < -0.39 is 23.5 Å². The quantitative estimate of drug-likeness (QED) is 0.280. The molecule has 2 N–H and O–H groups in total. The second kappa shape index (κ2) is 9.72. The van der Waals surface area contributed by atoms with Crippen molar-refractivity contribution < 1.29 is 27.2 Å². The van der Waals surface area contributed by atoms with Crippen LogP contribution in [0.1, 0.15) is 40.9 Å². The van der Waals surface area contributed by atoms with Gasteiger partial charge in [0.1, 0.15) is 11.5 Å². The van der Waals surface area contributed by atoms with Gasteiger partial charge in [0.2, 0.25) is 5.91 Å². The molecule has 0 atom stereocenters. The van der Waals surface area contributed by atoms with E-state index in [0.717, 1.165) is 31.4 Å². The Labute approximate surface area is 210 Å². The second-order valence-corrected chi connectivity index (χ2v) is 9.17. The van der Waals surface area contributed by atoms with Crippen molar-refractivity contribution in [2.24, 2.45) is 5.92 Å². The summed E-state index contributed by atoms with van der Waals surface area (Å²) in [5, 5.41) is 6.24. The molecule has 37 heavy (non-hydrogen) atoms. The topological polar surface area (TPSA) is 63.1 Å². The van der Waals surface area contributed by atoms with E-state index in [2.05, 4.69) is 10.6 Å². The normalized spacial score (nSPS) is 13.8. The number of aromatic nitrogens is 1. The van der Waals surface area contributed by atoms with Crippen LogP contribution in [0.5, 0.6) is 0 Å². The fourth-order valence-corrected chi connectivity index (χ4v) is 4.38. The highest BCUT2D eigenvalue weighted by atomic mass is 19.4. The highest BCUT2D eigenvalue weighted by molar-refractivity contribution is 6.07. The molecule has 1 aromatic heterocycles. The number of benzene rings is 3. The van der Waals surface area contributed by atoms with Crippen LogP contribution >= 0.6 is 0 Å². The SMILES string of the molecule is O=C(Nc1ccc(C(F)(F)F)cc1)c1cc2cc(NC(=O)C3CCC3)ccc2n1Cc1cccc(F)c1. The van der Waals surface area contributed by atoms with Crippen LogP contribution in [0.25, 0.3) is 10.9 Å². The molecule has 5 rings (SSSR count). The fourth-order valence-electron chi connectivity index (χ4n) is 4.38. The van der Waals surface area contributed by atoms with Crippen LogP contribution < -0.4 is 10.6 Å². The maximum absolute atomic E-state index is 13.8. The first-order valence-corrected chi connectivity index (χ1v) is 11.8. The predicted octanol–water partition coefficient (Wildman–Crippen LogP) is 6.84. The zero-order valence-corrected chi connectivity index (χ0v) is 19.6. The highest BCUT2D eigenvalue weighted by Crippen LogP contribution is 2.31. The number of hydrogen-bond acceptors (Lipinski definition) is 2. The van der Waals surface area contributed by atoms with Gasteiger partial charge in [-0.3, -0.25) is 9.59 Å². The molecule has 0 saturated heterocycles. The molecule has 0 unspecified atom stereocenters. The van der Waals surface area contributed by atoms with E-state index in [9.17, 15) is 27.2 Å². The number of alkyl halides is 3. The minimum Gasteiger partial charge on any atom is -0.332 e. The Morgan fingerprint density at radius 2 is 1.62 bits per heavy atom. The number of carbonyl (C=O) groups is 2. The van der Waals surface area contributed by atoms with Crippen LogP contribution in [-0.4, -0.2) is 16.4 Å². The number of nitrogens with one attached hydrogen (secondary N) is 2. The van der Waals surface area contributed by atoms with E-state index >= 15 is 0 Å². The van der Waals surface area contributed by atoms with Gasteiger partial charge in [0.15, 0.2) is 0 Å². The van der Waals surface area contributed by atoms with Crippen molar-refractivity contribution in [2.45, 2.75) is 32.0 Å². The monoisotopic (exact) mass is 509 g/mol. The minimum atomic E-state index is -4.48. The molecule has 0 aliphatic heterocycles. The molecule has 1 aliphatic rings. The van der Waals surface area contributed by atoms with Crippen LogP contribution in [0.4, 0.5) is 28.9 Å². The van der Waals surface area contributed by atoms with Crippen molar-refractivity contribution in [3.8, 4) is 0 Å². The summed E-state index contributed by atoms with van der Waals surface area (Å²) < 4.78 is 54.2. The summed E-state index contributed by atoms with van der Waals surface area (Å²) in [5.41, 5.74) is 1.53. The first-order valence-electron chi connectivity index (χ1n) is 11.8. The number of carbonyl (C=O) groups excluding carboxylic acids is 2. The van der Waals surface area contributed by atoms with Gasteiger partial charge in [0.25, 0.3) is 5.91 Å². The van der Waals surface area contributed by atoms with Gasteiger partial charge in [0, 0.05) is 34.7 Å². The summed E-state index contributed by atoms with van der Waals surface area (Å²) in [7, 11) is 0. The fraction of sp³-hybridized carbons (Fsp3) is 0.214. The van der Waals surface area contributed by atoms with E-state index in [1.165, 1.54) is 24.3 Å². The van der Waals surface area contributed by atoms with Crippen molar-refractivity contribution in [1.82, 2.24) is 4.57 Å². The maximum atomic E-state index is 13.8. The van der Waals surface area contributed by atoms with Crippen LogP contribution in [0.2, 0.25) is 0 Å². The Kier molecular flexibility index (Phi) is 6.45. The first-order chi connectivity index (χ1) is 17.7. The van der Waals surface area contributed by atoms with E-state index in [1.807, 2.05) is 0 Å². The summed E-state index contributed by atoms with van der Waals surface area (Å²) in [5.74, 6) is -0.971. The standard InChI is InChI=1S/C28H23F4N3O2/c29-21-6-1-3-17(13-21)16-35-24-12-11-23(34-26(36)18-4-2-5-18)14-19(24)15-25(35)27(37)33-22-9-7-20(8-10-22)28(30,31)32/h1,3,6-15,18H,2,4-5,16H2,(H,33,37)(H,34,36). The van der Waals surface area contributed by atoms with Crippen LogP contribution in [0, 0.1) is 11.7 Å². The van der Waals surface area contributed by atoms with Crippen LogP contribution in [0.3, 0.4) is 0 Å². The third kappa shape index (κ3) is 5.35. The highest BCUT2D eigenvalue weighted by Gasteiger charge is 2.30. The molecule has 3 aromatic carbocycles. The predicted molar refractivity (Wildman–Crippen MR) is 133 cm³/mol. The number of amides is 2. The summed E-state index contributed by atoms with van der Waals surface area (Å²) in [6.07, 6.45) is -1.71. The first kappa shape index (κ1) is 24.5. The van der Waals surface area contributed by atoms with Crippen molar-refractivity contribution in [3.63, 3.8) is 0 Å². The number of rotatable bonds is 6. The molecular formula is C28H23F4N3O2. The Morgan fingerprint density at radius 3 is 2.27 bits per heavy atom. The molecule has 4 aromatic rings. The third-order valence-corrected chi connectivity index (χ3v) is 6.58. The van der Waals surface area contributed by atoms with Gasteiger partial charge in [-0.05, 0) is 79.1 Å². The van der Waals surface area contributed by atoms with Gasteiger partial charge in [-0.1, -0.05) is 18.6 Å². The number of anilines is 2. The van der Waals surface area contributed by atoms with Gasteiger partial charge in [-0.2, -0.15) is 13.2 Å². The lowest BCUT2D eigenvalue weighted by Gasteiger charge is -2.24. The molecule has 1 heterocycles. The molecule has 9 heteroatoms. The van der Waals surface area contributed by atoms with Gasteiger partial charge in [0.05, 0.1) is 5.56 Å². The summed E-state index contributed by atoms with van der Waals surface area (Å²) in [6.45, 7) is 0.185. The summed E-state index contributed by atoms with van der Waals surface area (Å²) in [6, 6.07) is 17.1. The third-order valence-electron chi connectivity index (χ3n) is 6.58. The molecule has 1 aliphatic carbocycles. The maximum Gasteiger partial charge on any atom is 0.416 e. The van der Waals surface area contributed by atoms with Crippen molar-refractivity contribution >= 4 is 34.1 Å². The van der Waals surface area contributed by atoms with E-state index in [4.69, 9.17) is 0 Å². The summed E-state index contributed by atoms with van der Waals surface area (Å²) >= 11 is 0. The van der Waals surface area contributed by atoms with E-state index in [0.29, 0.717) is 22.2 Å². The minimum absolute atomic E-state index is 0.0124. The largest absolute Gasteiger partial charge is 0.416 e. The number of halogens is 4. The second-order valence-electron chi connectivity index (χ2n) is 9.17. The Morgan fingerprint density at radius 1 is 0.892 bits per heavy atom. The average molecular weight is 510 g/mol. The van der Waals surface area contributed by atoms with Gasteiger partial charge >= 0.3 is 6.18 Å². The zero-order valence-electron chi connectivity index (χ0n) is 19.6. The van der Waals surface area contributed by atoms with Crippen LogP contribution in [0.15, 0.2) is 72.8 Å². The van der Waals surface area contributed by atoms with E-state index in [1.54, 1.807) is 41.0 Å². The molecule has 2 amide bonds. The molecule has 1 saturated carbocycles. The van der Waals surface area contributed by atoms with E-state index in [-0.39, 0.29) is 29.8 Å². The Bertz CT molecular complexity index is 1470. The lowest BCUT2D eigenvalue weighted by atomic mass is 9.85. The number of fused-ring (bicyclic) bond motifs is 1. The zero-order chi connectivity index (χ0) is 26.2. The molecule has 0 radical (unpaired) electrons. The van der Waals surface area contributed by atoms with Gasteiger partial charge in [-0.15, -0.1) is 0 Å². The Balaban J connectivity index is 1.47. The van der Waals surface area contributed by atoms with Crippen LogP contribution in [-0.2, 0) is 17.5 Å². The molecule has 190 valence electrons. The molecule has 0 bridgehead atoms. The van der Waals surface area contributed by atoms with Crippen molar-refractivity contribution in [2.75, 3.05) is 10.6 Å². The van der Waals surface area contributed by atoms with Crippen molar-refractivity contribution in [3.05, 3.63) is 95.4 Å². The average Bonchev–Trinajstić information content (AvgIpc) is 3.15. The Hall–Kier alpha value is -4.14. The molecule has 0 spiro atoms. The molecule has 5 nitrogen and oxygen atoms in total. The molecular weight excluding hydrogens is 486 g/mol. The smallest absolute Gasteiger partial charge is 0.332 e. The lowest BCUT2D eigenvalue weighted by molar-refractivity contribution is -0.137.